The Labute approximate surface area is 125 Å². The summed E-state index contributed by atoms with van der Waals surface area (Å²) in [6.45, 7) is 8.14. The van der Waals surface area contributed by atoms with Crippen molar-refractivity contribution in [3.8, 4) is 0 Å². The van der Waals surface area contributed by atoms with Gasteiger partial charge in [0.25, 0.3) is 0 Å². The van der Waals surface area contributed by atoms with E-state index in [0.29, 0.717) is 12.0 Å². The first-order valence-electron chi connectivity index (χ1n) is 7.74. The molecule has 0 spiro atoms. The van der Waals surface area contributed by atoms with Crippen LogP contribution in [0.5, 0.6) is 0 Å². The highest BCUT2D eigenvalue weighted by Gasteiger charge is 2.31. The fourth-order valence-electron chi connectivity index (χ4n) is 3.47. The summed E-state index contributed by atoms with van der Waals surface area (Å²) in [6.07, 6.45) is 5.34. The molecule has 2 saturated heterocycles. The molecular formula is C15H23FN4O. The lowest BCUT2D eigenvalue weighted by atomic mass is 10.1. The molecule has 116 valence electrons. The highest BCUT2D eigenvalue weighted by Crippen LogP contribution is 2.24. The van der Waals surface area contributed by atoms with Gasteiger partial charge in [-0.1, -0.05) is 0 Å². The summed E-state index contributed by atoms with van der Waals surface area (Å²) in [5.74, 6) is 0.263. The predicted molar refractivity (Wildman–Crippen MR) is 78.8 cm³/mol. The van der Waals surface area contributed by atoms with Crippen LogP contribution in [0.15, 0.2) is 12.4 Å². The van der Waals surface area contributed by atoms with Crippen LogP contribution in [0.2, 0.25) is 0 Å². The van der Waals surface area contributed by atoms with E-state index in [2.05, 4.69) is 33.6 Å². The second kappa shape index (κ2) is 6.23. The maximum absolute atomic E-state index is 13.0. The van der Waals surface area contributed by atoms with Crippen molar-refractivity contribution in [2.24, 2.45) is 0 Å². The van der Waals surface area contributed by atoms with E-state index in [1.807, 2.05) is 0 Å². The van der Waals surface area contributed by atoms with Crippen molar-refractivity contribution in [3.05, 3.63) is 18.2 Å². The van der Waals surface area contributed by atoms with E-state index < -0.39 is 0 Å². The van der Waals surface area contributed by atoms with E-state index in [1.165, 1.54) is 12.4 Å². The zero-order valence-corrected chi connectivity index (χ0v) is 12.7. The van der Waals surface area contributed by atoms with Gasteiger partial charge in [-0.25, -0.2) is 14.4 Å². The van der Waals surface area contributed by atoms with Gasteiger partial charge in [-0.05, 0) is 26.7 Å². The van der Waals surface area contributed by atoms with Gasteiger partial charge in [0.05, 0.1) is 24.6 Å². The Hall–Kier alpha value is -1.27. The molecule has 0 aromatic carbocycles. The zero-order chi connectivity index (χ0) is 14.8. The van der Waals surface area contributed by atoms with E-state index in [4.69, 9.17) is 4.74 Å². The molecule has 21 heavy (non-hydrogen) atoms. The zero-order valence-electron chi connectivity index (χ0n) is 12.7. The van der Waals surface area contributed by atoms with Crippen molar-refractivity contribution in [1.29, 1.82) is 0 Å². The van der Waals surface area contributed by atoms with E-state index >= 15 is 0 Å². The molecule has 5 nitrogen and oxygen atoms in total. The molecule has 1 aromatic rings. The number of ether oxygens (including phenoxy) is 1. The van der Waals surface area contributed by atoms with Crippen molar-refractivity contribution in [1.82, 2.24) is 14.9 Å². The molecule has 0 saturated carbocycles. The lowest BCUT2D eigenvalue weighted by molar-refractivity contribution is -0.0690. The number of anilines is 1. The molecule has 0 unspecified atom stereocenters. The fraction of sp³-hybridized carbons (Fsp3) is 0.733. The summed E-state index contributed by atoms with van der Waals surface area (Å²) in [7, 11) is 0. The third-order valence-corrected chi connectivity index (χ3v) is 4.20. The Kier molecular flexibility index (Phi) is 4.35. The van der Waals surface area contributed by atoms with Gasteiger partial charge in [0.2, 0.25) is 5.95 Å². The van der Waals surface area contributed by atoms with Crippen LogP contribution in [0.25, 0.3) is 0 Å². The molecule has 0 radical (unpaired) electrons. The summed E-state index contributed by atoms with van der Waals surface area (Å²) in [5, 5.41) is 0. The molecule has 2 aliphatic rings. The van der Waals surface area contributed by atoms with E-state index in [0.717, 1.165) is 39.0 Å². The number of rotatable bonds is 3. The Balaban J connectivity index is 1.65. The van der Waals surface area contributed by atoms with Gasteiger partial charge in [-0.2, -0.15) is 0 Å². The van der Waals surface area contributed by atoms with Crippen LogP contribution < -0.4 is 4.90 Å². The van der Waals surface area contributed by atoms with Crippen LogP contribution in [-0.2, 0) is 4.74 Å². The lowest BCUT2D eigenvalue weighted by Crippen LogP contribution is -2.50. The van der Waals surface area contributed by atoms with Crippen molar-refractivity contribution >= 4 is 5.95 Å². The molecule has 3 heterocycles. The van der Waals surface area contributed by atoms with Crippen molar-refractivity contribution < 1.29 is 9.13 Å². The monoisotopic (exact) mass is 294 g/mol. The second-order valence-electron chi connectivity index (χ2n) is 6.17. The minimum absolute atomic E-state index is 0.283. The predicted octanol–water partition coefficient (Wildman–Crippen LogP) is 1.69. The van der Waals surface area contributed by atoms with Crippen LogP contribution in [0.3, 0.4) is 0 Å². The number of hydrogen-bond donors (Lipinski definition) is 0. The molecule has 0 aliphatic carbocycles. The molecule has 0 bridgehead atoms. The van der Waals surface area contributed by atoms with Gasteiger partial charge in [0.1, 0.15) is 0 Å². The normalized spacial score (nSPS) is 30.8. The van der Waals surface area contributed by atoms with Crippen LogP contribution >= 0.6 is 0 Å². The number of aromatic nitrogens is 2. The maximum atomic E-state index is 13.0. The van der Waals surface area contributed by atoms with Crippen molar-refractivity contribution in [2.75, 3.05) is 31.1 Å². The summed E-state index contributed by atoms with van der Waals surface area (Å²) >= 11 is 0. The van der Waals surface area contributed by atoms with Gasteiger partial charge in [0, 0.05) is 32.2 Å². The average molecular weight is 294 g/mol. The molecule has 0 N–H and O–H groups in total. The van der Waals surface area contributed by atoms with E-state index in [9.17, 15) is 4.39 Å². The van der Waals surface area contributed by atoms with E-state index in [-0.39, 0.29) is 18.0 Å². The first-order chi connectivity index (χ1) is 10.1. The Morgan fingerprint density at radius 1 is 1.24 bits per heavy atom. The van der Waals surface area contributed by atoms with Crippen LogP contribution in [0.4, 0.5) is 10.3 Å². The highest BCUT2D eigenvalue weighted by molar-refractivity contribution is 5.32. The Morgan fingerprint density at radius 3 is 2.57 bits per heavy atom. The first kappa shape index (κ1) is 14.7. The third-order valence-electron chi connectivity index (χ3n) is 4.20. The van der Waals surface area contributed by atoms with Gasteiger partial charge in [-0.3, -0.25) is 4.90 Å². The van der Waals surface area contributed by atoms with Gasteiger partial charge in [-0.15, -0.1) is 0 Å². The number of morpholine rings is 1. The average Bonchev–Trinajstić information content (AvgIpc) is 2.86. The summed E-state index contributed by atoms with van der Waals surface area (Å²) in [4.78, 5) is 12.9. The first-order valence-corrected chi connectivity index (χ1v) is 7.74. The summed E-state index contributed by atoms with van der Waals surface area (Å²) < 4.78 is 18.7. The smallest absolute Gasteiger partial charge is 0.225 e. The standard InChI is InChI=1S/C15H23FN4O/c1-11-8-19(9-12(2)21-11)10-14-4-3-5-20(14)15-17-6-13(16)7-18-15/h6-7,11-12,14H,3-5,8-10H2,1-2H3/t11-,12+,14-/m0/s1. The van der Waals surface area contributed by atoms with Crippen LogP contribution in [0, 0.1) is 5.82 Å². The maximum Gasteiger partial charge on any atom is 0.225 e. The van der Waals surface area contributed by atoms with Crippen molar-refractivity contribution in [2.45, 2.75) is 44.9 Å². The Morgan fingerprint density at radius 2 is 1.90 bits per heavy atom. The number of hydrogen-bond acceptors (Lipinski definition) is 5. The minimum Gasteiger partial charge on any atom is -0.373 e. The van der Waals surface area contributed by atoms with Crippen LogP contribution in [0.1, 0.15) is 26.7 Å². The minimum atomic E-state index is -0.384. The molecule has 3 atom stereocenters. The van der Waals surface area contributed by atoms with E-state index in [1.54, 1.807) is 0 Å². The number of halogens is 1. The molecule has 2 aliphatic heterocycles. The Bertz CT molecular complexity index is 459. The van der Waals surface area contributed by atoms with Gasteiger partial charge < -0.3 is 9.64 Å². The molecular weight excluding hydrogens is 271 g/mol. The second-order valence-corrected chi connectivity index (χ2v) is 6.17. The quantitative estimate of drug-likeness (QED) is 0.848. The molecule has 1 aromatic heterocycles. The molecule has 3 rings (SSSR count). The lowest BCUT2D eigenvalue weighted by Gasteiger charge is -2.38. The highest BCUT2D eigenvalue weighted by atomic mass is 19.1. The largest absolute Gasteiger partial charge is 0.373 e. The van der Waals surface area contributed by atoms with Crippen molar-refractivity contribution in [3.63, 3.8) is 0 Å². The van der Waals surface area contributed by atoms with Gasteiger partial charge >= 0.3 is 0 Å². The summed E-state index contributed by atoms with van der Waals surface area (Å²) in [6, 6.07) is 0.410. The topological polar surface area (TPSA) is 41.5 Å². The molecule has 2 fully saturated rings. The summed E-state index contributed by atoms with van der Waals surface area (Å²) in [5.41, 5.74) is 0. The SMILES string of the molecule is C[C@@H]1CN(C[C@@H]2CCCN2c2ncc(F)cn2)C[C@H](C)O1. The molecule has 0 amide bonds. The number of nitrogens with zero attached hydrogens (tertiary/aromatic N) is 4. The molecule has 6 heteroatoms. The fourth-order valence-corrected chi connectivity index (χ4v) is 3.47. The third kappa shape index (κ3) is 3.49. The van der Waals surface area contributed by atoms with Crippen LogP contribution in [-0.4, -0.2) is 59.3 Å². The van der Waals surface area contributed by atoms with Gasteiger partial charge in [0.15, 0.2) is 5.82 Å².